The highest BCUT2D eigenvalue weighted by Gasteiger charge is 2.13. The number of nitrogens with one attached hydrogen (secondary N) is 2. The van der Waals surface area contributed by atoms with Gasteiger partial charge in [-0.1, -0.05) is 11.8 Å². The number of aryl methyl sites for hydroxylation is 1. The number of rotatable bonds is 3. The van der Waals surface area contributed by atoms with E-state index in [0.29, 0.717) is 5.69 Å². The van der Waals surface area contributed by atoms with Gasteiger partial charge in [0.2, 0.25) is 5.91 Å². The first-order valence-electron chi connectivity index (χ1n) is 5.16. The summed E-state index contributed by atoms with van der Waals surface area (Å²) < 4.78 is 1.59. The molecule has 2 amide bonds. The third-order valence-electron chi connectivity index (χ3n) is 2.00. The Balaban J connectivity index is 2.44. The number of carbonyl (C=O) groups is 2. The maximum absolute atomic E-state index is 11.7. The van der Waals surface area contributed by atoms with Crippen molar-refractivity contribution in [2.75, 3.05) is 5.75 Å². The van der Waals surface area contributed by atoms with Crippen LogP contribution in [0.5, 0.6) is 0 Å². The molecule has 0 bridgehead atoms. The van der Waals surface area contributed by atoms with E-state index in [9.17, 15) is 9.59 Å². The van der Waals surface area contributed by atoms with Crippen LogP contribution in [0.15, 0.2) is 23.3 Å². The van der Waals surface area contributed by atoms with Crippen LogP contribution >= 0.6 is 11.8 Å². The van der Waals surface area contributed by atoms with Crippen LogP contribution in [0, 0.1) is 5.41 Å². The van der Waals surface area contributed by atoms with Crippen LogP contribution in [-0.4, -0.2) is 33.3 Å². The molecule has 1 aromatic rings. The highest BCUT2D eigenvalue weighted by Crippen LogP contribution is 2.03. The fourth-order valence-corrected chi connectivity index (χ4v) is 1.72. The van der Waals surface area contributed by atoms with Gasteiger partial charge in [-0.15, -0.1) is 0 Å². The number of aliphatic imine (C=N–C) groups is 1. The van der Waals surface area contributed by atoms with Crippen molar-refractivity contribution in [3.8, 4) is 0 Å². The Bertz CT molecular complexity index is 532. The summed E-state index contributed by atoms with van der Waals surface area (Å²) in [5.74, 6) is -1.39. The SMILES string of the molecule is Cn1cccc1C(=O)NC(=O)CSC(=N)N=C(N)N. The minimum absolute atomic E-state index is 0.119. The summed E-state index contributed by atoms with van der Waals surface area (Å²) in [6.07, 6.45) is 1.70. The second-order valence-corrected chi connectivity index (χ2v) is 4.48. The Kier molecular flexibility index (Phi) is 5.12. The van der Waals surface area contributed by atoms with Crippen molar-refractivity contribution < 1.29 is 9.59 Å². The number of nitrogens with zero attached hydrogens (tertiary/aromatic N) is 2. The van der Waals surface area contributed by atoms with Crippen molar-refractivity contribution in [1.82, 2.24) is 9.88 Å². The lowest BCUT2D eigenvalue weighted by molar-refractivity contribution is -0.117. The summed E-state index contributed by atoms with van der Waals surface area (Å²) in [6.45, 7) is 0. The van der Waals surface area contributed by atoms with E-state index in [2.05, 4.69) is 10.3 Å². The summed E-state index contributed by atoms with van der Waals surface area (Å²) in [6, 6.07) is 3.29. The molecule has 1 heterocycles. The lowest BCUT2D eigenvalue weighted by Gasteiger charge is -2.04. The average molecular weight is 282 g/mol. The Hall–Kier alpha value is -2.29. The smallest absolute Gasteiger partial charge is 0.274 e. The molecule has 0 radical (unpaired) electrons. The zero-order chi connectivity index (χ0) is 14.4. The topological polar surface area (TPSA) is 139 Å². The Morgan fingerprint density at radius 3 is 2.74 bits per heavy atom. The highest BCUT2D eigenvalue weighted by molar-refractivity contribution is 8.14. The van der Waals surface area contributed by atoms with Gasteiger partial charge in [0, 0.05) is 13.2 Å². The summed E-state index contributed by atoms with van der Waals surface area (Å²) >= 11 is 0.821. The molecule has 0 spiro atoms. The van der Waals surface area contributed by atoms with Crippen LogP contribution in [-0.2, 0) is 11.8 Å². The predicted molar refractivity (Wildman–Crippen MR) is 73.9 cm³/mol. The standard InChI is InChI=1S/C10H14N6O2S/c1-16-4-2-3-6(16)8(18)14-7(17)5-19-10(13)15-9(11)12/h2-4H,5H2,1H3,(H,14,17,18)(H5,11,12,13,15). The van der Waals surface area contributed by atoms with Gasteiger partial charge in [0.15, 0.2) is 11.1 Å². The number of thioether (sulfide) groups is 1. The van der Waals surface area contributed by atoms with E-state index >= 15 is 0 Å². The van der Waals surface area contributed by atoms with Crippen LogP contribution in [0.25, 0.3) is 0 Å². The zero-order valence-electron chi connectivity index (χ0n) is 10.2. The van der Waals surface area contributed by atoms with Crippen LogP contribution < -0.4 is 16.8 Å². The Morgan fingerprint density at radius 2 is 2.21 bits per heavy atom. The predicted octanol–water partition coefficient (Wildman–Crippen LogP) is -0.777. The van der Waals surface area contributed by atoms with Crippen LogP contribution in [0.1, 0.15) is 10.5 Å². The molecule has 1 aromatic heterocycles. The van der Waals surface area contributed by atoms with E-state index in [1.807, 2.05) is 0 Å². The fourth-order valence-electron chi connectivity index (χ4n) is 1.21. The fraction of sp³-hybridized carbons (Fsp3) is 0.200. The number of nitrogens with two attached hydrogens (primary N) is 2. The van der Waals surface area contributed by atoms with E-state index in [1.165, 1.54) is 0 Å². The van der Waals surface area contributed by atoms with Gasteiger partial charge in [-0.25, -0.2) is 0 Å². The summed E-state index contributed by atoms with van der Waals surface area (Å²) in [5.41, 5.74) is 10.5. The minimum atomic E-state index is -0.522. The molecule has 6 N–H and O–H groups in total. The molecular weight excluding hydrogens is 268 g/mol. The summed E-state index contributed by atoms with van der Waals surface area (Å²) in [4.78, 5) is 26.6. The molecule has 19 heavy (non-hydrogen) atoms. The van der Waals surface area contributed by atoms with Crippen LogP contribution in [0.4, 0.5) is 0 Å². The second-order valence-electron chi connectivity index (χ2n) is 3.51. The molecule has 0 saturated carbocycles. The lowest BCUT2D eigenvalue weighted by Crippen LogP contribution is -2.33. The quantitative estimate of drug-likeness (QED) is 0.425. The van der Waals surface area contributed by atoms with Crippen LogP contribution in [0.2, 0.25) is 0 Å². The van der Waals surface area contributed by atoms with Crippen molar-refractivity contribution in [1.29, 1.82) is 5.41 Å². The highest BCUT2D eigenvalue weighted by atomic mass is 32.2. The van der Waals surface area contributed by atoms with E-state index in [1.54, 1.807) is 29.9 Å². The molecule has 8 nitrogen and oxygen atoms in total. The molecule has 102 valence electrons. The third kappa shape index (κ3) is 4.84. The number of carbonyl (C=O) groups excluding carboxylic acids is 2. The molecule has 0 aliphatic rings. The summed E-state index contributed by atoms with van der Waals surface area (Å²) in [5, 5.41) is 9.33. The lowest BCUT2D eigenvalue weighted by atomic mass is 10.4. The normalized spacial score (nSPS) is 9.74. The van der Waals surface area contributed by atoms with Gasteiger partial charge in [-0.3, -0.25) is 20.3 Å². The van der Waals surface area contributed by atoms with Crippen LogP contribution in [0.3, 0.4) is 0 Å². The van der Waals surface area contributed by atoms with Crippen molar-refractivity contribution in [2.24, 2.45) is 23.5 Å². The van der Waals surface area contributed by atoms with Gasteiger partial charge in [0.05, 0.1) is 5.75 Å². The molecule has 0 saturated heterocycles. The van der Waals surface area contributed by atoms with Crippen molar-refractivity contribution >= 4 is 34.7 Å². The summed E-state index contributed by atoms with van der Waals surface area (Å²) in [7, 11) is 1.70. The first-order chi connectivity index (χ1) is 8.90. The molecular formula is C10H14N6O2S. The molecule has 0 aliphatic carbocycles. The van der Waals surface area contributed by atoms with Gasteiger partial charge >= 0.3 is 0 Å². The third-order valence-corrected chi connectivity index (χ3v) is 2.77. The van der Waals surface area contributed by atoms with Gasteiger partial charge in [-0.2, -0.15) is 4.99 Å². The molecule has 0 unspecified atom stereocenters. The van der Waals surface area contributed by atoms with E-state index < -0.39 is 11.8 Å². The number of guanidine groups is 1. The first kappa shape index (κ1) is 14.8. The van der Waals surface area contributed by atoms with Gasteiger partial charge in [0.25, 0.3) is 5.91 Å². The first-order valence-corrected chi connectivity index (χ1v) is 6.15. The van der Waals surface area contributed by atoms with Gasteiger partial charge < -0.3 is 16.0 Å². The Labute approximate surface area is 113 Å². The number of hydrogen-bond acceptors (Lipinski definition) is 4. The maximum atomic E-state index is 11.7. The molecule has 0 atom stereocenters. The number of amidine groups is 1. The van der Waals surface area contributed by atoms with Gasteiger partial charge in [0.1, 0.15) is 5.69 Å². The van der Waals surface area contributed by atoms with Crippen molar-refractivity contribution in [3.63, 3.8) is 0 Å². The maximum Gasteiger partial charge on any atom is 0.274 e. The van der Waals surface area contributed by atoms with Crippen molar-refractivity contribution in [2.45, 2.75) is 0 Å². The largest absolute Gasteiger partial charge is 0.370 e. The molecule has 0 fully saturated rings. The van der Waals surface area contributed by atoms with E-state index in [-0.39, 0.29) is 16.9 Å². The molecule has 0 aromatic carbocycles. The molecule has 9 heteroatoms. The zero-order valence-corrected chi connectivity index (χ0v) is 11.0. The molecule has 0 aliphatic heterocycles. The number of amides is 2. The Morgan fingerprint density at radius 1 is 1.53 bits per heavy atom. The van der Waals surface area contributed by atoms with Crippen molar-refractivity contribution in [3.05, 3.63) is 24.0 Å². The number of aromatic nitrogens is 1. The van der Waals surface area contributed by atoms with Gasteiger partial charge in [-0.05, 0) is 12.1 Å². The average Bonchev–Trinajstić information content (AvgIpc) is 2.72. The number of imide groups is 1. The second kappa shape index (κ2) is 6.59. The monoisotopic (exact) mass is 282 g/mol. The number of hydrogen-bond donors (Lipinski definition) is 4. The molecule has 1 rings (SSSR count). The van der Waals surface area contributed by atoms with E-state index in [0.717, 1.165) is 11.8 Å². The van der Waals surface area contributed by atoms with E-state index in [4.69, 9.17) is 16.9 Å². The minimum Gasteiger partial charge on any atom is -0.370 e.